The van der Waals surface area contributed by atoms with Gasteiger partial charge in [0.25, 0.3) is 11.5 Å². The molecule has 5 rings (SSSR count). The van der Waals surface area contributed by atoms with E-state index in [1.807, 2.05) is 4.90 Å². The third-order valence-electron chi connectivity index (χ3n) is 7.02. The van der Waals surface area contributed by atoms with Gasteiger partial charge in [-0.3, -0.25) is 9.59 Å². The number of H-pyrrole nitrogens is 1. The van der Waals surface area contributed by atoms with Crippen LogP contribution in [0.5, 0.6) is 0 Å². The van der Waals surface area contributed by atoms with Crippen LogP contribution in [0.2, 0.25) is 0 Å². The van der Waals surface area contributed by atoms with E-state index >= 15 is 0 Å². The monoisotopic (exact) mass is 366 g/mol. The molecule has 0 aromatic carbocycles. The number of carbonyl (C=O) groups excluding carboxylic acids is 1. The van der Waals surface area contributed by atoms with E-state index in [-0.39, 0.29) is 17.0 Å². The molecule has 2 aliphatic carbocycles. The third-order valence-corrected chi connectivity index (χ3v) is 7.02. The van der Waals surface area contributed by atoms with E-state index in [1.54, 1.807) is 30.5 Å². The van der Waals surface area contributed by atoms with Gasteiger partial charge >= 0.3 is 0 Å². The number of amides is 1. The van der Waals surface area contributed by atoms with E-state index in [9.17, 15) is 9.59 Å². The fourth-order valence-electron chi connectivity index (χ4n) is 5.74. The Morgan fingerprint density at radius 2 is 2.11 bits per heavy atom. The van der Waals surface area contributed by atoms with E-state index < -0.39 is 0 Å². The molecule has 2 aromatic rings. The summed E-state index contributed by atoms with van der Waals surface area (Å²) in [4.78, 5) is 30.4. The lowest BCUT2D eigenvalue weighted by atomic mass is 9.83. The number of nitrogens with one attached hydrogen (secondary N) is 1. The molecule has 5 heteroatoms. The zero-order chi connectivity index (χ0) is 18.4. The number of aromatic nitrogens is 1. The molecule has 0 spiro atoms. The molecule has 1 saturated heterocycles. The van der Waals surface area contributed by atoms with E-state index in [2.05, 4.69) is 4.98 Å². The number of nitrogens with zero attached hydrogens (tertiary/aromatic N) is 1. The van der Waals surface area contributed by atoms with E-state index in [0.717, 1.165) is 43.6 Å². The summed E-state index contributed by atoms with van der Waals surface area (Å²) >= 11 is 0. The van der Waals surface area contributed by atoms with Gasteiger partial charge in [0.15, 0.2) is 0 Å². The number of likely N-dealkylation sites (tertiary alicyclic amines) is 1. The zero-order valence-corrected chi connectivity index (χ0v) is 15.5. The minimum atomic E-state index is -0.334. The van der Waals surface area contributed by atoms with Crippen LogP contribution in [-0.2, 0) is 0 Å². The van der Waals surface area contributed by atoms with Gasteiger partial charge in [0, 0.05) is 12.6 Å². The lowest BCUT2D eigenvalue weighted by Gasteiger charge is -2.30. The molecule has 3 aliphatic rings. The van der Waals surface area contributed by atoms with Crippen LogP contribution in [-0.4, -0.2) is 28.4 Å². The highest BCUT2D eigenvalue weighted by Crippen LogP contribution is 2.50. The third kappa shape index (κ3) is 3.03. The van der Waals surface area contributed by atoms with Crippen LogP contribution in [0.4, 0.5) is 0 Å². The molecule has 1 N–H and O–H groups in total. The van der Waals surface area contributed by atoms with Gasteiger partial charge in [-0.1, -0.05) is 6.42 Å². The fourth-order valence-corrected chi connectivity index (χ4v) is 5.74. The average molecular weight is 366 g/mol. The van der Waals surface area contributed by atoms with Gasteiger partial charge in [-0.25, -0.2) is 0 Å². The van der Waals surface area contributed by atoms with Crippen molar-refractivity contribution in [2.45, 2.75) is 51.0 Å². The number of carbonyl (C=O) groups is 1. The standard InChI is InChI=1S/C22H26N2O3/c25-21-18(7-8-19(23-21)20-4-2-10-27-20)22(26)24-9-1-3-17(24)13-16-12-14-5-6-15(16)11-14/h2,4,7-8,10,14-17H,1,3,5-6,9,11-13H2,(H,23,25)/t14-,15-,16-,17+/m0/s1. The maximum absolute atomic E-state index is 13.1. The lowest BCUT2D eigenvalue weighted by molar-refractivity contribution is 0.0706. The van der Waals surface area contributed by atoms with Crippen molar-refractivity contribution in [3.8, 4) is 11.5 Å². The van der Waals surface area contributed by atoms with Gasteiger partial charge in [-0.05, 0) is 80.5 Å². The first-order valence-electron chi connectivity index (χ1n) is 10.3. The number of furan rings is 1. The minimum absolute atomic E-state index is 0.118. The van der Waals surface area contributed by atoms with Crippen LogP contribution in [0.25, 0.3) is 11.5 Å². The first kappa shape index (κ1) is 16.8. The smallest absolute Gasteiger partial charge is 0.261 e. The summed E-state index contributed by atoms with van der Waals surface area (Å²) in [6, 6.07) is 7.27. The molecule has 142 valence electrons. The molecule has 1 amide bonds. The van der Waals surface area contributed by atoms with Crippen molar-refractivity contribution in [2.24, 2.45) is 17.8 Å². The van der Waals surface area contributed by atoms with Gasteiger partial charge in [0.2, 0.25) is 0 Å². The Balaban J connectivity index is 1.33. The molecule has 5 nitrogen and oxygen atoms in total. The normalized spacial score (nSPS) is 29.6. The van der Waals surface area contributed by atoms with E-state index in [4.69, 9.17) is 4.42 Å². The Kier molecular flexibility index (Phi) is 4.18. The van der Waals surface area contributed by atoms with Crippen molar-refractivity contribution in [3.05, 3.63) is 46.4 Å². The molecule has 27 heavy (non-hydrogen) atoms. The van der Waals surface area contributed by atoms with Crippen molar-refractivity contribution in [2.75, 3.05) is 6.54 Å². The topological polar surface area (TPSA) is 66.3 Å². The Hall–Kier alpha value is -2.30. The van der Waals surface area contributed by atoms with Crippen LogP contribution < -0.4 is 5.56 Å². The van der Waals surface area contributed by atoms with Gasteiger partial charge in [-0.2, -0.15) is 0 Å². The number of hydrogen-bond acceptors (Lipinski definition) is 3. The molecule has 1 aliphatic heterocycles. The minimum Gasteiger partial charge on any atom is -0.463 e. The average Bonchev–Trinajstić information content (AvgIpc) is 3.45. The Bertz CT molecular complexity index is 885. The highest BCUT2D eigenvalue weighted by molar-refractivity contribution is 5.94. The molecule has 3 fully saturated rings. The van der Waals surface area contributed by atoms with Crippen LogP contribution in [0.1, 0.15) is 55.3 Å². The predicted molar refractivity (Wildman–Crippen MR) is 102 cm³/mol. The summed E-state index contributed by atoms with van der Waals surface area (Å²) in [6.45, 7) is 0.768. The van der Waals surface area contributed by atoms with Crippen molar-refractivity contribution >= 4 is 5.91 Å². The Morgan fingerprint density at radius 1 is 1.19 bits per heavy atom. The first-order valence-corrected chi connectivity index (χ1v) is 10.3. The molecule has 0 unspecified atom stereocenters. The molecule has 2 aromatic heterocycles. The molecule has 3 heterocycles. The quantitative estimate of drug-likeness (QED) is 0.887. The highest BCUT2D eigenvalue weighted by Gasteiger charge is 2.42. The van der Waals surface area contributed by atoms with Gasteiger partial charge < -0.3 is 14.3 Å². The lowest BCUT2D eigenvalue weighted by Crippen LogP contribution is -2.39. The van der Waals surface area contributed by atoms with Crippen LogP contribution in [0.15, 0.2) is 39.7 Å². The number of aromatic amines is 1. The van der Waals surface area contributed by atoms with Crippen LogP contribution >= 0.6 is 0 Å². The SMILES string of the molecule is O=C(c1ccc(-c2ccco2)[nH]c1=O)N1CCC[C@@H]1C[C@@H]1C[C@H]2CC[C@H]1C2. The molecule has 2 saturated carbocycles. The first-order chi connectivity index (χ1) is 13.2. The van der Waals surface area contributed by atoms with Crippen LogP contribution in [0.3, 0.4) is 0 Å². The maximum Gasteiger partial charge on any atom is 0.261 e. The van der Waals surface area contributed by atoms with E-state index in [1.165, 1.54) is 25.7 Å². The summed E-state index contributed by atoms with van der Waals surface area (Å²) in [5.41, 5.74) is 0.506. The summed E-state index contributed by atoms with van der Waals surface area (Å²) in [5.74, 6) is 3.07. The molecular weight excluding hydrogens is 340 g/mol. The number of rotatable bonds is 4. The number of fused-ring (bicyclic) bond motifs is 2. The Morgan fingerprint density at radius 3 is 2.81 bits per heavy atom. The summed E-state index contributed by atoms with van der Waals surface area (Å²) in [7, 11) is 0. The largest absolute Gasteiger partial charge is 0.463 e. The Labute approximate surface area is 158 Å². The molecule has 2 bridgehead atoms. The van der Waals surface area contributed by atoms with Crippen LogP contribution in [0, 0.1) is 17.8 Å². The summed E-state index contributed by atoms with van der Waals surface area (Å²) in [5, 5.41) is 0. The second-order valence-corrected chi connectivity index (χ2v) is 8.56. The second-order valence-electron chi connectivity index (χ2n) is 8.56. The van der Waals surface area contributed by atoms with E-state index in [0.29, 0.717) is 17.5 Å². The van der Waals surface area contributed by atoms with Gasteiger partial charge in [0.1, 0.15) is 11.3 Å². The fraction of sp³-hybridized carbons (Fsp3) is 0.545. The summed E-state index contributed by atoms with van der Waals surface area (Å²) in [6.07, 6.45) is 10.3. The highest BCUT2D eigenvalue weighted by atomic mass is 16.3. The van der Waals surface area contributed by atoms with Crippen molar-refractivity contribution in [1.82, 2.24) is 9.88 Å². The second kappa shape index (κ2) is 6.70. The number of hydrogen-bond donors (Lipinski definition) is 1. The van der Waals surface area contributed by atoms with Crippen molar-refractivity contribution < 1.29 is 9.21 Å². The zero-order valence-electron chi connectivity index (χ0n) is 15.5. The molecule has 4 atom stereocenters. The van der Waals surface area contributed by atoms with Gasteiger partial charge in [-0.15, -0.1) is 0 Å². The predicted octanol–water partition coefficient (Wildman–Crippen LogP) is 4.07. The van der Waals surface area contributed by atoms with Gasteiger partial charge in [0.05, 0.1) is 12.0 Å². The number of pyridine rings is 1. The van der Waals surface area contributed by atoms with Crippen molar-refractivity contribution in [3.63, 3.8) is 0 Å². The maximum atomic E-state index is 13.1. The molecule has 0 radical (unpaired) electrons. The van der Waals surface area contributed by atoms with Crippen molar-refractivity contribution in [1.29, 1.82) is 0 Å². The summed E-state index contributed by atoms with van der Waals surface area (Å²) < 4.78 is 5.32. The molecular formula is C22H26N2O3.